The van der Waals surface area contributed by atoms with Gasteiger partial charge in [0.25, 0.3) is 5.91 Å². The summed E-state index contributed by atoms with van der Waals surface area (Å²) in [5.74, 6) is 0.968. The van der Waals surface area contributed by atoms with Gasteiger partial charge < -0.3 is 19.3 Å². The molecule has 1 aliphatic carbocycles. The fourth-order valence-electron chi connectivity index (χ4n) is 5.18. The van der Waals surface area contributed by atoms with Gasteiger partial charge in [-0.2, -0.15) is 0 Å². The van der Waals surface area contributed by atoms with Gasteiger partial charge in [-0.3, -0.25) is 14.5 Å². The van der Waals surface area contributed by atoms with Crippen molar-refractivity contribution in [3.05, 3.63) is 29.8 Å². The van der Waals surface area contributed by atoms with Gasteiger partial charge in [-0.25, -0.2) is 0 Å². The minimum absolute atomic E-state index is 0.00121. The molecule has 174 valence electrons. The lowest BCUT2D eigenvalue weighted by atomic mass is 9.91. The van der Waals surface area contributed by atoms with Gasteiger partial charge in [0.05, 0.1) is 19.1 Å². The number of hydrogen-bond donors (Lipinski definition) is 0. The Hall–Kier alpha value is -2.12. The summed E-state index contributed by atoms with van der Waals surface area (Å²) in [6.45, 7) is 6.32. The largest absolute Gasteiger partial charge is 0.490 e. The van der Waals surface area contributed by atoms with Crippen molar-refractivity contribution >= 4 is 11.8 Å². The van der Waals surface area contributed by atoms with E-state index in [1.165, 1.54) is 19.3 Å². The minimum Gasteiger partial charge on any atom is -0.490 e. The molecule has 1 aromatic carbocycles. The van der Waals surface area contributed by atoms with E-state index in [0.29, 0.717) is 18.7 Å². The number of likely N-dealkylation sites (tertiary alicyclic amines) is 1. The first kappa shape index (κ1) is 21.7. The zero-order valence-electron chi connectivity index (χ0n) is 18.9. The van der Waals surface area contributed by atoms with Crippen LogP contribution in [-0.4, -0.2) is 91.1 Å². The van der Waals surface area contributed by atoms with Crippen LogP contribution in [0.4, 0.5) is 0 Å². The van der Waals surface area contributed by atoms with Gasteiger partial charge in [-0.15, -0.1) is 0 Å². The van der Waals surface area contributed by atoms with Crippen LogP contribution in [0.5, 0.6) is 5.75 Å². The summed E-state index contributed by atoms with van der Waals surface area (Å²) < 4.78 is 11.4. The molecule has 4 fully saturated rings. The van der Waals surface area contributed by atoms with Crippen LogP contribution in [0.1, 0.15) is 48.9 Å². The van der Waals surface area contributed by atoms with Crippen molar-refractivity contribution in [1.82, 2.24) is 14.7 Å². The molecule has 0 radical (unpaired) electrons. The zero-order valence-corrected chi connectivity index (χ0v) is 18.9. The fraction of sp³-hybridized carbons (Fsp3) is 0.680. The van der Waals surface area contributed by atoms with Crippen LogP contribution in [-0.2, 0) is 9.53 Å². The van der Waals surface area contributed by atoms with E-state index in [2.05, 4.69) is 4.90 Å². The molecule has 32 heavy (non-hydrogen) atoms. The molecule has 1 saturated carbocycles. The van der Waals surface area contributed by atoms with Gasteiger partial charge in [-0.1, -0.05) is 6.42 Å². The average molecular weight is 442 g/mol. The predicted molar refractivity (Wildman–Crippen MR) is 121 cm³/mol. The van der Waals surface area contributed by atoms with Crippen molar-refractivity contribution in [2.45, 2.75) is 50.7 Å². The maximum Gasteiger partial charge on any atom is 0.253 e. The van der Waals surface area contributed by atoms with Crippen molar-refractivity contribution in [3.8, 4) is 5.75 Å². The molecule has 3 saturated heterocycles. The average Bonchev–Trinajstić information content (AvgIpc) is 2.99. The number of nitrogens with zero attached hydrogens (tertiary/aromatic N) is 3. The van der Waals surface area contributed by atoms with Gasteiger partial charge in [0.1, 0.15) is 11.9 Å². The number of rotatable bonds is 5. The van der Waals surface area contributed by atoms with Crippen LogP contribution < -0.4 is 4.74 Å². The highest BCUT2D eigenvalue weighted by atomic mass is 16.5. The topological polar surface area (TPSA) is 62.3 Å². The molecule has 5 rings (SSSR count). The summed E-state index contributed by atoms with van der Waals surface area (Å²) in [7, 11) is 0. The first-order chi connectivity index (χ1) is 15.7. The smallest absolute Gasteiger partial charge is 0.253 e. The third-order valence-electron chi connectivity index (χ3n) is 7.52. The van der Waals surface area contributed by atoms with Gasteiger partial charge in [0.15, 0.2) is 0 Å². The van der Waals surface area contributed by atoms with E-state index in [0.717, 1.165) is 70.4 Å². The van der Waals surface area contributed by atoms with Gasteiger partial charge in [0, 0.05) is 63.7 Å². The zero-order chi connectivity index (χ0) is 21.9. The van der Waals surface area contributed by atoms with Crippen molar-refractivity contribution in [3.63, 3.8) is 0 Å². The van der Waals surface area contributed by atoms with E-state index in [-0.39, 0.29) is 23.8 Å². The number of ether oxygens (including phenoxy) is 2. The summed E-state index contributed by atoms with van der Waals surface area (Å²) >= 11 is 0. The van der Waals surface area contributed by atoms with E-state index in [4.69, 9.17) is 9.47 Å². The quantitative estimate of drug-likeness (QED) is 0.702. The summed E-state index contributed by atoms with van der Waals surface area (Å²) in [6.07, 6.45) is 7.03. The standard InChI is InChI=1S/C25H35N3O4/c29-24(19-5-7-22(8-6-19)32-23-9-15-31-16-10-23)28-17-20(18-28)25(30)27-12-2-11-26(13-14-27)21-3-1-4-21/h5-8,20-21,23H,1-4,9-18H2. The summed E-state index contributed by atoms with van der Waals surface area (Å²) in [4.78, 5) is 32.2. The lowest BCUT2D eigenvalue weighted by Gasteiger charge is -2.40. The van der Waals surface area contributed by atoms with Gasteiger partial charge in [0.2, 0.25) is 5.91 Å². The molecular formula is C25H35N3O4. The molecule has 0 unspecified atom stereocenters. The van der Waals surface area contributed by atoms with E-state index in [1.54, 1.807) is 4.90 Å². The summed E-state index contributed by atoms with van der Waals surface area (Å²) in [6, 6.07) is 8.15. The van der Waals surface area contributed by atoms with Crippen LogP contribution in [0.25, 0.3) is 0 Å². The monoisotopic (exact) mass is 441 g/mol. The second-order valence-electron chi connectivity index (χ2n) is 9.66. The van der Waals surface area contributed by atoms with Crippen molar-refractivity contribution in [2.24, 2.45) is 5.92 Å². The van der Waals surface area contributed by atoms with E-state index in [9.17, 15) is 9.59 Å². The molecule has 0 bridgehead atoms. The molecule has 3 aliphatic heterocycles. The van der Waals surface area contributed by atoms with Crippen LogP contribution in [0.15, 0.2) is 24.3 Å². The Labute approximate surface area is 190 Å². The Kier molecular flexibility index (Phi) is 6.64. The number of hydrogen-bond acceptors (Lipinski definition) is 5. The number of carbonyl (C=O) groups excluding carboxylic acids is 2. The highest BCUT2D eigenvalue weighted by molar-refractivity contribution is 5.96. The van der Waals surface area contributed by atoms with Crippen molar-refractivity contribution < 1.29 is 19.1 Å². The van der Waals surface area contributed by atoms with Crippen LogP contribution in [0, 0.1) is 5.92 Å². The minimum atomic E-state index is -0.0506. The predicted octanol–water partition coefficient (Wildman–Crippen LogP) is 2.40. The Morgan fingerprint density at radius 2 is 1.59 bits per heavy atom. The van der Waals surface area contributed by atoms with Crippen LogP contribution in [0.3, 0.4) is 0 Å². The molecule has 0 N–H and O–H groups in total. The second kappa shape index (κ2) is 9.79. The van der Waals surface area contributed by atoms with Gasteiger partial charge >= 0.3 is 0 Å². The Morgan fingerprint density at radius 3 is 2.28 bits per heavy atom. The second-order valence-corrected chi connectivity index (χ2v) is 9.66. The normalized spacial score (nSPS) is 23.9. The third kappa shape index (κ3) is 4.79. The van der Waals surface area contributed by atoms with Crippen molar-refractivity contribution in [1.29, 1.82) is 0 Å². The number of benzene rings is 1. The first-order valence-electron chi connectivity index (χ1n) is 12.3. The fourth-order valence-corrected chi connectivity index (χ4v) is 5.18. The lowest BCUT2D eigenvalue weighted by molar-refractivity contribution is -0.139. The number of carbonyl (C=O) groups is 2. The SMILES string of the molecule is O=C(c1ccc(OC2CCOCC2)cc1)N1CC(C(=O)N2CCCN(C3CCC3)CC2)C1. The van der Waals surface area contributed by atoms with Crippen LogP contribution in [0.2, 0.25) is 0 Å². The van der Waals surface area contributed by atoms with Crippen molar-refractivity contribution in [2.75, 3.05) is 52.5 Å². The lowest BCUT2D eigenvalue weighted by Crippen LogP contribution is -2.56. The van der Waals surface area contributed by atoms with Gasteiger partial charge in [-0.05, 0) is 43.5 Å². The molecule has 4 aliphatic rings. The molecule has 3 heterocycles. The Bertz CT molecular complexity index is 798. The molecule has 7 heteroatoms. The highest BCUT2D eigenvalue weighted by Gasteiger charge is 2.39. The van der Waals surface area contributed by atoms with E-state index < -0.39 is 0 Å². The maximum absolute atomic E-state index is 13.0. The summed E-state index contributed by atoms with van der Waals surface area (Å²) in [5.41, 5.74) is 0.654. The first-order valence-corrected chi connectivity index (χ1v) is 12.3. The van der Waals surface area contributed by atoms with Crippen LogP contribution >= 0.6 is 0 Å². The Morgan fingerprint density at radius 1 is 0.844 bits per heavy atom. The Balaban J connectivity index is 1.08. The molecule has 0 spiro atoms. The molecule has 2 amide bonds. The molecule has 1 aromatic rings. The number of amides is 2. The van der Waals surface area contributed by atoms with E-state index in [1.807, 2.05) is 29.2 Å². The highest BCUT2D eigenvalue weighted by Crippen LogP contribution is 2.27. The molecular weight excluding hydrogens is 406 g/mol. The third-order valence-corrected chi connectivity index (χ3v) is 7.52. The molecule has 0 atom stereocenters. The molecule has 0 aromatic heterocycles. The summed E-state index contributed by atoms with van der Waals surface area (Å²) in [5, 5.41) is 0. The maximum atomic E-state index is 13.0. The van der Waals surface area contributed by atoms with E-state index >= 15 is 0 Å². The molecule has 7 nitrogen and oxygen atoms in total.